The molecule has 0 radical (unpaired) electrons. The zero-order valence-corrected chi connectivity index (χ0v) is 13.9. The van der Waals surface area contributed by atoms with Gasteiger partial charge in [0.15, 0.2) is 0 Å². The van der Waals surface area contributed by atoms with Crippen molar-refractivity contribution >= 4 is 15.9 Å². The van der Waals surface area contributed by atoms with Gasteiger partial charge in [0.05, 0.1) is 0 Å². The number of hydrogen-bond acceptors (Lipinski definition) is 3. The molecule has 1 unspecified atom stereocenters. The molecule has 2 aromatic carbocycles. The van der Waals surface area contributed by atoms with Gasteiger partial charge in [-0.05, 0) is 44.2 Å². The van der Waals surface area contributed by atoms with E-state index in [9.17, 15) is 0 Å². The predicted molar refractivity (Wildman–Crippen MR) is 88.9 cm³/mol. The molecule has 0 aliphatic carbocycles. The molecule has 0 amide bonds. The van der Waals surface area contributed by atoms with Crippen LogP contribution in [-0.4, -0.2) is 13.2 Å². The molecular formula is C17H20BrNO2. The Kier molecular flexibility index (Phi) is 5.65. The smallest absolute Gasteiger partial charge is 0.124 e. The van der Waals surface area contributed by atoms with Crippen molar-refractivity contribution in [1.29, 1.82) is 0 Å². The summed E-state index contributed by atoms with van der Waals surface area (Å²) in [6.07, 6.45) is 0. The third kappa shape index (κ3) is 4.76. The Hall–Kier alpha value is -1.52. The highest BCUT2D eigenvalue weighted by Crippen LogP contribution is 2.25. The largest absolute Gasteiger partial charge is 0.490 e. The van der Waals surface area contributed by atoms with Gasteiger partial charge in [0.2, 0.25) is 0 Å². The monoisotopic (exact) mass is 349 g/mol. The molecule has 2 N–H and O–H groups in total. The molecule has 0 heterocycles. The lowest BCUT2D eigenvalue weighted by molar-refractivity contribution is 0.215. The van der Waals surface area contributed by atoms with E-state index in [2.05, 4.69) is 22.0 Å². The summed E-state index contributed by atoms with van der Waals surface area (Å²) in [7, 11) is 0. The summed E-state index contributed by atoms with van der Waals surface area (Å²) >= 11 is 3.39. The van der Waals surface area contributed by atoms with Gasteiger partial charge < -0.3 is 15.2 Å². The molecule has 2 aromatic rings. The lowest BCUT2D eigenvalue weighted by Gasteiger charge is -2.15. The van der Waals surface area contributed by atoms with Crippen molar-refractivity contribution in [2.24, 2.45) is 5.73 Å². The van der Waals surface area contributed by atoms with Gasteiger partial charge in [-0.1, -0.05) is 33.6 Å². The van der Waals surface area contributed by atoms with Crippen LogP contribution in [-0.2, 0) is 0 Å². The minimum Gasteiger partial charge on any atom is -0.490 e. The fourth-order valence-electron chi connectivity index (χ4n) is 2.00. The second kappa shape index (κ2) is 7.48. The standard InChI is InChI=1S/C17H20BrNO2/c1-12-3-8-17(16(11-12)13(2)19)21-10-9-20-15-6-4-14(18)5-7-15/h3-8,11,13H,9-10,19H2,1-2H3. The first-order chi connectivity index (χ1) is 10.1. The lowest BCUT2D eigenvalue weighted by Crippen LogP contribution is -2.12. The average Bonchev–Trinajstić information content (AvgIpc) is 2.46. The summed E-state index contributed by atoms with van der Waals surface area (Å²) in [6.45, 7) is 4.99. The van der Waals surface area contributed by atoms with Crippen LogP contribution < -0.4 is 15.2 Å². The van der Waals surface area contributed by atoms with Crippen molar-refractivity contribution < 1.29 is 9.47 Å². The van der Waals surface area contributed by atoms with Crippen molar-refractivity contribution in [3.8, 4) is 11.5 Å². The van der Waals surface area contributed by atoms with Gasteiger partial charge in [-0.3, -0.25) is 0 Å². The van der Waals surface area contributed by atoms with Crippen molar-refractivity contribution in [2.45, 2.75) is 19.9 Å². The molecule has 0 bridgehead atoms. The number of nitrogens with two attached hydrogens (primary N) is 1. The van der Waals surface area contributed by atoms with Gasteiger partial charge in [0.1, 0.15) is 24.7 Å². The van der Waals surface area contributed by atoms with Gasteiger partial charge in [-0.25, -0.2) is 0 Å². The summed E-state index contributed by atoms with van der Waals surface area (Å²) in [5.74, 6) is 1.66. The number of ether oxygens (including phenoxy) is 2. The fourth-order valence-corrected chi connectivity index (χ4v) is 2.26. The minimum atomic E-state index is -0.0488. The Balaban J connectivity index is 1.87. The van der Waals surface area contributed by atoms with Crippen molar-refractivity contribution in [1.82, 2.24) is 0 Å². The van der Waals surface area contributed by atoms with E-state index in [1.165, 1.54) is 5.56 Å². The van der Waals surface area contributed by atoms with Crippen molar-refractivity contribution in [3.05, 3.63) is 58.1 Å². The summed E-state index contributed by atoms with van der Waals surface area (Å²) in [5, 5.41) is 0. The van der Waals surface area contributed by atoms with E-state index in [0.717, 1.165) is 21.5 Å². The SMILES string of the molecule is Cc1ccc(OCCOc2ccc(Br)cc2)c(C(C)N)c1. The van der Waals surface area contributed by atoms with Gasteiger partial charge >= 0.3 is 0 Å². The minimum absolute atomic E-state index is 0.0488. The molecule has 0 aliphatic heterocycles. The molecule has 0 spiro atoms. The van der Waals surface area contributed by atoms with Crippen LogP contribution in [0.3, 0.4) is 0 Å². The molecule has 3 nitrogen and oxygen atoms in total. The quantitative estimate of drug-likeness (QED) is 0.793. The van der Waals surface area contributed by atoms with E-state index < -0.39 is 0 Å². The Labute approximate surface area is 134 Å². The molecule has 21 heavy (non-hydrogen) atoms. The van der Waals surface area contributed by atoms with Gasteiger partial charge in [-0.2, -0.15) is 0 Å². The highest BCUT2D eigenvalue weighted by molar-refractivity contribution is 9.10. The van der Waals surface area contributed by atoms with E-state index in [1.54, 1.807) is 0 Å². The summed E-state index contributed by atoms with van der Waals surface area (Å²) in [6, 6.07) is 13.7. The van der Waals surface area contributed by atoms with Crippen LogP contribution in [0.1, 0.15) is 24.1 Å². The lowest BCUT2D eigenvalue weighted by atomic mass is 10.1. The van der Waals surface area contributed by atoms with Crippen molar-refractivity contribution in [3.63, 3.8) is 0 Å². The van der Waals surface area contributed by atoms with E-state index in [-0.39, 0.29) is 6.04 Å². The maximum absolute atomic E-state index is 5.98. The first-order valence-corrected chi connectivity index (χ1v) is 7.73. The third-order valence-corrected chi connectivity index (χ3v) is 3.61. The van der Waals surface area contributed by atoms with Gasteiger partial charge in [0, 0.05) is 16.1 Å². The maximum Gasteiger partial charge on any atom is 0.124 e. The number of hydrogen-bond donors (Lipinski definition) is 1. The molecule has 0 aromatic heterocycles. The van der Waals surface area contributed by atoms with Gasteiger partial charge in [-0.15, -0.1) is 0 Å². The van der Waals surface area contributed by atoms with Crippen LogP contribution in [0.5, 0.6) is 11.5 Å². The number of rotatable bonds is 6. The number of halogens is 1. The van der Waals surface area contributed by atoms with Crippen LogP contribution in [0.4, 0.5) is 0 Å². The van der Waals surface area contributed by atoms with Crippen LogP contribution >= 0.6 is 15.9 Å². The first kappa shape index (κ1) is 15.9. The van der Waals surface area contributed by atoms with Gasteiger partial charge in [0.25, 0.3) is 0 Å². The average molecular weight is 350 g/mol. The van der Waals surface area contributed by atoms with E-state index in [1.807, 2.05) is 50.2 Å². The number of aryl methyl sites for hydroxylation is 1. The molecule has 0 fully saturated rings. The van der Waals surface area contributed by atoms with Crippen LogP contribution in [0.15, 0.2) is 46.9 Å². The van der Waals surface area contributed by atoms with E-state index >= 15 is 0 Å². The molecule has 2 rings (SSSR count). The zero-order valence-electron chi connectivity index (χ0n) is 12.3. The zero-order chi connectivity index (χ0) is 15.2. The third-order valence-electron chi connectivity index (χ3n) is 3.08. The maximum atomic E-state index is 5.98. The van der Waals surface area contributed by atoms with Crippen molar-refractivity contribution in [2.75, 3.05) is 13.2 Å². The molecule has 0 saturated heterocycles. The topological polar surface area (TPSA) is 44.5 Å². The Morgan fingerprint density at radius 2 is 1.71 bits per heavy atom. The predicted octanol–water partition coefficient (Wildman–Crippen LogP) is 4.24. The highest BCUT2D eigenvalue weighted by Gasteiger charge is 2.08. The molecule has 4 heteroatoms. The molecule has 0 saturated carbocycles. The first-order valence-electron chi connectivity index (χ1n) is 6.93. The summed E-state index contributed by atoms with van der Waals surface area (Å²) in [5.41, 5.74) is 8.18. The van der Waals surface area contributed by atoms with Crippen LogP contribution in [0, 0.1) is 6.92 Å². The Morgan fingerprint density at radius 3 is 2.38 bits per heavy atom. The molecule has 1 atom stereocenters. The van der Waals surface area contributed by atoms with Crippen LogP contribution in [0.2, 0.25) is 0 Å². The number of benzene rings is 2. The molecule has 0 aliphatic rings. The van der Waals surface area contributed by atoms with E-state index in [4.69, 9.17) is 15.2 Å². The summed E-state index contributed by atoms with van der Waals surface area (Å²) in [4.78, 5) is 0. The fraction of sp³-hybridized carbons (Fsp3) is 0.294. The molecular weight excluding hydrogens is 330 g/mol. The highest BCUT2D eigenvalue weighted by atomic mass is 79.9. The Morgan fingerprint density at radius 1 is 1.05 bits per heavy atom. The second-order valence-corrected chi connectivity index (χ2v) is 5.90. The Bertz CT molecular complexity index is 582. The summed E-state index contributed by atoms with van der Waals surface area (Å²) < 4.78 is 12.4. The normalized spacial score (nSPS) is 12.0. The van der Waals surface area contributed by atoms with Crippen LogP contribution in [0.25, 0.3) is 0 Å². The molecule has 112 valence electrons. The van der Waals surface area contributed by atoms with E-state index in [0.29, 0.717) is 13.2 Å². The second-order valence-electron chi connectivity index (χ2n) is 4.98.